The van der Waals surface area contributed by atoms with Crippen LogP contribution in [0.25, 0.3) is 0 Å². The molecule has 0 fully saturated rings. The van der Waals surface area contributed by atoms with Crippen LogP contribution in [0.4, 0.5) is 0 Å². The molecule has 1 heterocycles. The fourth-order valence-corrected chi connectivity index (χ4v) is 1.80. The van der Waals surface area contributed by atoms with Crippen molar-refractivity contribution in [2.75, 3.05) is 20.8 Å². The summed E-state index contributed by atoms with van der Waals surface area (Å²) in [6.07, 6.45) is 1.39. The number of methoxy groups -OCH3 is 2. The molecule has 100 valence electrons. The monoisotopic (exact) mass is 255 g/mol. The number of hydrogen-bond acceptors (Lipinski definition) is 6. The lowest BCUT2D eigenvalue weighted by molar-refractivity contribution is -0.137. The van der Waals surface area contributed by atoms with Crippen LogP contribution in [0.2, 0.25) is 0 Å². The van der Waals surface area contributed by atoms with Gasteiger partial charge in [-0.05, 0) is 19.9 Å². The van der Waals surface area contributed by atoms with Crippen LogP contribution in [0.15, 0.2) is 22.9 Å². The molecule has 18 heavy (non-hydrogen) atoms. The van der Waals surface area contributed by atoms with Gasteiger partial charge in [0, 0.05) is 5.70 Å². The molecule has 0 amide bonds. The number of nitrogens with one attached hydrogen (secondary N) is 1. The molecule has 0 aromatic rings. The minimum atomic E-state index is -0.977. The van der Waals surface area contributed by atoms with E-state index < -0.39 is 17.5 Å². The third-order valence-electron chi connectivity index (χ3n) is 2.88. The Balaban J connectivity index is 3.29. The number of esters is 2. The van der Waals surface area contributed by atoms with Crippen LogP contribution in [0.5, 0.6) is 0 Å². The number of allylic oxidation sites excluding steroid dienone is 1. The second kappa shape index (κ2) is 5.22. The number of carbonyl (C=O) groups excluding carboxylic acids is 2. The van der Waals surface area contributed by atoms with E-state index in [1.807, 2.05) is 0 Å². The van der Waals surface area contributed by atoms with Crippen LogP contribution in [0.1, 0.15) is 13.8 Å². The molecule has 1 unspecified atom stereocenters. The van der Waals surface area contributed by atoms with Crippen molar-refractivity contribution < 1.29 is 24.2 Å². The molecule has 1 aliphatic rings. The van der Waals surface area contributed by atoms with Gasteiger partial charge in [-0.25, -0.2) is 9.59 Å². The highest BCUT2D eigenvalue weighted by Crippen LogP contribution is 2.27. The Bertz CT molecular complexity index is 438. The van der Waals surface area contributed by atoms with Crippen molar-refractivity contribution in [1.29, 1.82) is 0 Å². The molecule has 0 spiro atoms. The lowest BCUT2D eigenvalue weighted by atomic mass is 9.86. The van der Waals surface area contributed by atoms with E-state index in [1.54, 1.807) is 13.8 Å². The fourth-order valence-electron chi connectivity index (χ4n) is 1.80. The summed E-state index contributed by atoms with van der Waals surface area (Å²) in [6, 6.07) is 0. The van der Waals surface area contributed by atoms with E-state index in [0.717, 1.165) is 0 Å². The first-order valence-electron chi connectivity index (χ1n) is 5.38. The number of aliphatic hydroxyl groups is 1. The van der Waals surface area contributed by atoms with Gasteiger partial charge < -0.3 is 19.9 Å². The van der Waals surface area contributed by atoms with E-state index >= 15 is 0 Å². The molecule has 0 saturated heterocycles. The summed E-state index contributed by atoms with van der Waals surface area (Å²) in [4.78, 5) is 23.2. The molecule has 1 atom stereocenters. The molecule has 0 bridgehead atoms. The van der Waals surface area contributed by atoms with Crippen molar-refractivity contribution in [3.63, 3.8) is 0 Å². The van der Waals surface area contributed by atoms with Crippen LogP contribution >= 0.6 is 0 Å². The molecule has 0 radical (unpaired) electrons. The highest BCUT2D eigenvalue weighted by Gasteiger charge is 2.38. The van der Waals surface area contributed by atoms with Crippen molar-refractivity contribution in [3.05, 3.63) is 22.9 Å². The predicted molar refractivity (Wildman–Crippen MR) is 63.4 cm³/mol. The van der Waals surface area contributed by atoms with Crippen LogP contribution < -0.4 is 5.32 Å². The summed E-state index contributed by atoms with van der Waals surface area (Å²) in [5.41, 5.74) is -0.0253. The predicted octanol–water partition coefficient (Wildman–Crippen LogP) is -0.113. The highest BCUT2D eigenvalue weighted by molar-refractivity contribution is 5.99. The maximum atomic E-state index is 11.7. The van der Waals surface area contributed by atoms with Gasteiger partial charge in [-0.3, -0.25) is 0 Å². The van der Waals surface area contributed by atoms with E-state index in [4.69, 9.17) is 0 Å². The number of aliphatic hydroxyl groups excluding tert-OH is 1. The maximum Gasteiger partial charge on any atom is 0.339 e. The summed E-state index contributed by atoms with van der Waals surface area (Å²) < 4.78 is 9.28. The molecule has 6 nitrogen and oxygen atoms in total. The first kappa shape index (κ1) is 14.2. The van der Waals surface area contributed by atoms with Gasteiger partial charge in [-0.2, -0.15) is 0 Å². The van der Waals surface area contributed by atoms with Crippen LogP contribution in [-0.4, -0.2) is 43.4 Å². The van der Waals surface area contributed by atoms with Gasteiger partial charge >= 0.3 is 11.9 Å². The fraction of sp³-hybridized carbons (Fsp3) is 0.500. The summed E-state index contributed by atoms with van der Waals surface area (Å²) in [5, 5.41) is 12.3. The zero-order valence-corrected chi connectivity index (χ0v) is 10.9. The zero-order valence-electron chi connectivity index (χ0n) is 10.9. The average Bonchev–Trinajstić information content (AvgIpc) is 2.37. The quantitative estimate of drug-likeness (QED) is 0.684. The minimum Gasteiger partial charge on any atom is -0.466 e. The lowest BCUT2D eigenvalue weighted by Crippen LogP contribution is -2.51. The molecule has 1 rings (SSSR count). The minimum absolute atomic E-state index is 0.179. The van der Waals surface area contributed by atoms with E-state index in [2.05, 4.69) is 14.8 Å². The van der Waals surface area contributed by atoms with Crippen molar-refractivity contribution in [2.45, 2.75) is 19.4 Å². The molecule has 0 aromatic heterocycles. The SMILES string of the molecule is COC(=O)C1=CC(C(=O)OC)=C(C)NC1(C)CO. The topological polar surface area (TPSA) is 84.9 Å². The van der Waals surface area contributed by atoms with Gasteiger partial charge in [0.05, 0.1) is 37.5 Å². The van der Waals surface area contributed by atoms with Crippen molar-refractivity contribution in [2.24, 2.45) is 0 Å². The number of hydrogen-bond donors (Lipinski definition) is 2. The number of rotatable bonds is 3. The van der Waals surface area contributed by atoms with Crippen LogP contribution in [-0.2, 0) is 19.1 Å². The van der Waals surface area contributed by atoms with E-state index in [9.17, 15) is 14.7 Å². The van der Waals surface area contributed by atoms with Crippen molar-refractivity contribution in [1.82, 2.24) is 5.32 Å². The van der Waals surface area contributed by atoms with Gasteiger partial charge in [0.2, 0.25) is 0 Å². The van der Waals surface area contributed by atoms with Gasteiger partial charge in [-0.1, -0.05) is 0 Å². The van der Waals surface area contributed by atoms with Crippen molar-refractivity contribution in [3.8, 4) is 0 Å². The number of dihydropyridines is 1. The normalized spacial score (nSPS) is 23.1. The molecule has 0 saturated carbocycles. The second-order valence-corrected chi connectivity index (χ2v) is 4.20. The summed E-state index contributed by atoms with van der Waals surface area (Å²) >= 11 is 0. The Labute approximate surface area is 105 Å². The lowest BCUT2D eigenvalue weighted by Gasteiger charge is -2.35. The Kier molecular flexibility index (Phi) is 4.13. The first-order valence-corrected chi connectivity index (χ1v) is 5.38. The molecular weight excluding hydrogens is 238 g/mol. The summed E-state index contributed by atoms with van der Waals surface area (Å²) in [6.45, 7) is 3.01. The van der Waals surface area contributed by atoms with E-state index in [-0.39, 0.29) is 17.8 Å². The third kappa shape index (κ3) is 2.38. The number of ether oxygens (including phenoxy) is 2. The molecule has 0 aromatic carbocycles. The molecular formula is C12H17NO5. The zero-order chi connectivity index (χ0) is 13.9. The standard InChI is InChI=1S/C12H17NO5/c1-7-8(10(15)17-3)5-9(11(16)18-4)12(2,6-14)13-7/h5,13-14H,6H2,1-4H3. The van der Waals surface area contributed by atoms with E-state index in [0.29, 0.717) is 5.70 Å². The molecule has 1 aliphatic heterocycles. The molecule has 0 aliphatic carbocycles. The van der Waals surface area contributed by atoms with Crippen LogP contribution in [0, 0.1) is 0 Å². The largest absolute Gasteiger partial charge is 0.466 e. The van der Waals surface area contributed by atoms with E-state index in [1.165, 1.54) is 20.3 Å². The smallest absolute Gasteiger partial charge is 0.339 e. The average molecular weight is 255 g/mol. The third-order valence-corrected chi connectivity index (χ3v) is 2.88. The Morgan fingerprint density at radius 2 is 1.89 bits per heavy atom. The second-order valence-electron chi connectivity index (χ2n) is 4.20. The van der Waals surface area contributed by atoms with Gasteiger partial charge in [0.15, 0.2) is 0 Å². The maximum absolute atomic E-state index is 11.7. The highest BCUT2D eigenvalue weighted by atomic mass is 16.5. The molecule has 6 heteroatoms. The van der Waals surface area contributed by atoms with Crippen molar-refractivity contribution >= 4 is 11.9 Å². The van der Waals surface area contributed by atoms with Crippen LogP contribution in [0.3, 0.4) is 0 Å². The Morgan fingerprint density at radius 1 is 1.33 bits per heavy atom. The first-order chi connectivity index (χ1) is 8.39. The van der Waals surface area contributed by atoms with Gasteiger partial charge in [-0.15, -0.1) is 0 Å². The van der Waals surface area contributed by atoms with Gasteiger partial charge in [0.1, 0.15) is 0 Å². The Morgan fingerprint density at radius 3 is 2.33 bits per heavy atom. The molecule has 2 N–H and O–H groups in total. The Hall–Kier alpha value is -1.82. The van der Waals surface area contributed by atoms with Gasteiger partial charge in [0.25, 0.3) is 0 Å². The summed E-state index contributed by atoms with van der Waals surface area (Å²) in [7, 11) is 2.50. The number of carbonyl (C=O) groups is 2. The summed E-state index contributed by atoms with van der Waals surface area (Å²) in [5.74, 6) is -1.16.